The van der Waals surface area contributed by atoms with E-state index in [0.29, 0.717) is 5.71 Å². The Labute approximate surface area is 178 Å². The molecule has 1 aliphatic rings. The number of nitrogens with zero attached hydrogens (tertiary/aromatic N) is 2. The molecule has 1 unspecified atom stereocenters. The number of fused-ring (bicyclic) bond motifs is 1. The lowest BCUT2D eigenvalue weighted by Crippen LogP contribution is -2.34. The van der Waals surface area contributed by atoms with Gasteiger partial charge in [0, 0.05) is 21.9 Å². The maximum atomic E-state index is 13.3. The molecule has 0 aliphatic carbocycles. The smallest absolute Gasteiger partial charge is 0.255 e. The Kier molecular flexibility index (Phi) is 5.41. The minimum Gasteiger partial charge on any atom is -0.323 e. The van der Waals surface area contributed by atoms with Crippen molar-refractivity contribution in [2.45, 2.75) is 19.9 Å². The van der Waals surface area contributed by atoms with Gasteiger partial charge >= 0.3 is 0 Å². The zero-order valence-corrected chi connectivity index (χ0v) is 17.8. The Morgan fingerprint density at radius 3 is 2.45 bits per heavy atom. The normalized spacial score (nSPS) is 15.3. The molecule has 4 nitrogen and oxygen atoms in total. The number of halogens is 1. The highest BCUT2D eigenvalue weighted by atomic mass is 79.9. The molecule has 0 bridgehead atoms. The fourth-order valence-electron chi connectivity index (χ4n) is 3.38. The first-order chi connectivity index (χ1) is 14.0. The van der Waals surface area contributed by atoms with E-state index < -0.39 is 6.04 Å². The number of hydrogen-bond acceptors (Lipinski definition) is 3. The second-order valence-electron chi connectivity index (χ2n) is 7.00. The van der Waals surface area contributed by atoms with E-state index in [1.54, 1.807) is 6.21 Å². The van der Waals surface area contributed by atoms with Gasteiger partial charge in [0.25, 0.3) is 5.91 Å². The minimum atomic E-state index is -0.754. The molecule has 0 saturated carbocycles. The quantitative estimate of drug-likeness (QED) is 0.558. The number of amides is 1. The largest absolute Gasteiger partial charge is 0.323 e. The molecule has 4 rings (SSSR count). The number of benzene rings is 3. The van der Waals surface area contributed by atoms with Crippen molar-refractivity contribution >= 4 is 45.1 Å². The lowest BCUT2D eigenvalue weighted by Gasteiger charge is -2.17. The molecule has 1 N–H and O–H groups in total. The molecule has 1 aliphatic heterocycles. The number of carbonyl (C=O) groups excluding carboxylic acids is 1. The summed E-state index contributed by atoms with van der Waals surface area (Å²) in [4.78, 5) is 22.8. The first-order valence-corrected chi connectivity index (χ1v) is 10.2. The van der Waals surface area contributed by atoms with Crippen molar-refractivity contribution in [2.24, 2.45) is 9.98 Å². The summed E-state index contributed by atoms with van der Waals surface area (Å²) in [6.07, 6.45) is 1.73. The molecule has 0 fully saturated rings. The summed E-state index contributed by atoms with van der Waals surface area (Å²) >= 11 is 3.52. The maximum Gasteiger partial charge on any atom is 0.255 e. The van der Waals surface area contributed by atoms with Crippen LogP contribution in [0.15, 0.2) is 81.2 Å². The predicted octanol–water partition coefficient (Wildman–Crippen LogP) is 5.63. The first-order valence-electron chi connectivity index (χ1n) is 9.37. The van der Waals surface area contributed by atoms with E-state index >= 15 is 0 Å². The van der Waals surface area contributed by atoms with Gasteiger partial charge in [-0.1, -0.05) is 64.5 Å². The third-order valence-corrected chi connectivity index (χ3v) is 5.39. The van der Waals surface area contributed by atoms with E-state index in [9.17, 15) is 4.79 Å². The number of rotatable bonds is 3. The first kappa shape index (κ1) is 19.3. The monoisotopic (exact) mass is 445 g/mol. The van der Waals surface area contributed by atoms with Crippen molar-refractivity contribution in [1.82, 2.24) is 0 Å². The van der Waals surface area contributed by atoms with Gasteiger partial charge in [-0.3, -0.25) is 9.79 Å². The molecular weight excluding hydrogens is 426 g/mol. The zero-order valence-electron chi connectivity index (χ0n) is 16.2. The Balaban J connectivity index is 1.79. The topological polar surface area (TPSA) is 53.8 Å². The van der Waals surface area contributed by atoms with Crippen LogP contribution in [0.4, 0.5) is 11.4 Å². The predicted molar refractivity (Wildman–Crippen MR) is 123 cm³/mol. The Morgan fingerprint density at radius 1 is 0.966 bits per heavy atom. The number of para-hydroxylation sites is 2. The van der Waals surface area contributed by atoms with Gasteiger partial charge in [-0.15, -0.1) is 0 Å². The number of nitrogens with one attached hydrogen (secondary N) is 1. The maximum absolute atomic E-state index is 13.3. The molecule has 0 radical (unpaired) electrons. The molecule has 29 heavy (non-hydrogen) atoms. The van der Waals surface area contributed by atoms with Gasteiger partial charge in [0.05, 0.1) is 11.4 Å². The summed E-state index contributed by atoms with van der Waals surface area (Å²) in [7, 11) is 0. The molecule has 1 heterocycles. The molecule has 1 amide bonds. The van der Waals surface area contributed by atoms with Crippen molar-refractivity contribution in [3.05, 3.63) is 93.5 Å². The summed E-state index contributed by atoms with van der Waals surface area (Å²) < 4.78 is 0.924. The van der Waals surface area contributed by atoms with Gasteiger partial charge in [-0.25, -0.2) is 4.99 Å². The van der Waals surface area contributed by atoms with Crippen LogP contribution in [0.25, 0.3) is 0 Å². The minimum absolute atomic E-state index is 0.204. The molecule has 3 aromatic carbocycles. The van der Waals surface area contributed by atoms with E-state index in [2.05, 4.69) is 26.2 Å². The lowest BCUT2D eigenvalue weighted by molar-refractivity contribution is -0.116. The number of anilines is 1. The van der Waals surface area contributed by atoms with Gasteiger partial charge in [0.15, 0.2) is 6.04 Å². The third-order valence-electron chi connectivity index (χ3n) is 4.90. The average molecular weight is 446 g/mol. The van der Waals surface area contributed by atoms with Crippen LogP contribution in [0.2, 0.25) is 0 Å². The van der Waals surface area contributed by atoms with Gasteiger partial charge in [0.2, 0.25) is 0 Å². The van der Waals surface area contributed by atoms with Crippen LogP contribution >= 0.6 is 15.9 Å². The molecule has 3 aromatic rings. The number of aryl methyl sites for hydroxylation is 2. The highest BCUT2D eigenvalue weighted by molar-refractivity contribution is 9.10. The average Bonchev–Trinajstić information content (AvgIpc) is 2.90. The van der Waals surface area contributed by atoms with Gasteiger partial charge in [-0.2, -0.15) is 0 Å². The number of carbonyl (C=O) groups is 1. The molecule has 0 saturated heterocycles. The van der Waals surface area contributed by atoms with E-state index in [-0.39, 0.29) is 5.91 Å². The molecule has 0 aromatic heterocycles. The molecular formula is C24H20BrN3O. The van der Waals surface area contributed by atoms with Crippen LogP contribution in [0.1, 0.15) is 22.3 Å². The van der Waals surface area contributed by atoms with Gasteiger partial charge < -0.3 is 5.32 Å². The fraction of sp³-hybridized carbons (Fsp3) is 0.125. The Hall–Kier alpha value is -3.05. The van der Waals surface area contributed by atoms with E-state index in [4.69, 9.17) is 4.99 Å². The van der Waals surface area contributed by atoms with Crippen LogP contribution < -0.4 is 5.32 Å². The lowest BCUT2D eigenvalue weighted by atomic mass is 10.0. The Morgan fingerprint density at radius 2 is 1.69 bits per heavy atom. The van der Waals surface area contributed by atoms with Gasteiger partial charge in [0.1, 0.15) is 0 Å². The summed E-state index contributed by atoms with van der Waals surface area (Å²) in [6.45, 7) is 3.97. The third kappa shape index (κ3) is 4.05. The summed E-state index contributed by atoms with van der Waals surface area (Å²) in [5.41, 5.74) is 6.02. The van der Waals surface area contributed by atoms with E-state index in [0.717, 1.165) is 38.1 Å². The molecule has 5 heteroatoms. The van der Waals surface area contributed by atoms with E-state index in [1.807, 2.05) is 80.6 Å². The number of hydrogen-bond donors (Lipinski definition) is 1. The van der Waals surface area contributed by atoms with Crippen molar-refractivity contribution in [2.75, 3.05) is 5.32 Å². The van der Waals surface area contributed by atoms with Crippen molar-refractivity contribution in [3.8, 4) is 0 Å². The Bertz CT molecular complexity index is 1130. The van der Waals surface area contributed by atoms with E-state index in [1.165, 1.54) is 0 Å². The second kappa shape index (κ2) is 8.13. The standard InChI is InChI=1S/C24H20BrN3O/c1-15-7-5-8-16(2)21(15)28-24(29)23-22(17-10-6-11-19(25)13-17)27-20-12-4-3-9-18(20)14-26-23/h3-14,23H,1-2H3,(H,28,29). The fourth-order valence-corrected chi connectivity index (χ4v) is 3.78. The van der Waals surface area contributed by atoms with Crippen LogP contribution in [-0.4, -0.2) is 23.9 Å². The highest BCUT2D eigenvalue weighted by Gasteiger charge is 2.27. The van der Waals surface area contributed by atoms with Crippen LogP contribution in [0, 0.1) is 13.8 Å². The van der Waals surface area contributed by atoms with Crippen molar-refractivity contribution in [3.63, 3.8) is 0 Å². The van der Waals surface area contributed by atoms with Crippen LogP contribution in [0.3, 0.4) is 0 Å². The van der Waals surface area contributed by atoms with Crippen LogP contribution in [-0.2, 0) is 4.79 Å². The number of aliphatic imine (C=N–C) groups is 2. The summed E-state index contributed by atoms with van der Waals surface area (Å²) in [5, 5.41) is 3.07. The van der Waals surface area contributed by atoms with Crippen LogP contribution in [0.5, 0.6) is 0 Å². The van der Waals surface area contributed by atoms with Gasteiger partial charge in [-0.05, 0) is 48.7 Å². The highest BCUT2D eigenvalue weighted by Crippen LogP contribution is 2.26. The van der Waals surface area contributed by atoms with Crippen molar-refractivity contribution in [1.29, 1.82) is 0 Å². The van der Waals surface area contributed by atoms with Crippen molar-refractivity contribution < 1.29 is 4.79 Å². The molecule has 1 atom stereocenters. The molecule has 0 spiro atoms. The molecule has 144 valence electrons. The second-order valence-corrected chi connectivity index (χ2v) is 7.92. The SMILES string of the molecule is Cc1cccc(C)c1NC(=O)C1N=Cc2ccccc2N=C1c1cccc(Br)c1. The zero-order chi connectivity index (χ0) is 20.4. The summed E-state index contributed by atoms with van der Waals surface area (Å²) in [5.74, 6) is -0.204. The summed E-state index contributed by atoms with van der Waals surface area (Å²) in [6, 6.07) is 20.8.